The van der Waals surface area contributed by atoms with Crippen molar-refractivity contribution in [1.82, 2.24) is 0 Å². The Morgan fingerprint density at radius 1 is 1.18 bits per heavy atom. The first kappa shape index (κ1) is 14.5. The van der Waals surface area contributed by atoms with Crippen LogP contribution in [0.3, 0.4) is 0 Å². The van der Waals surface area contributed by atoms with Crippen LogP contribution < -0.4 is 0 Å². The van der Waals surface area contributed by atoms with Crippen molar-refractivity contribution in [2.24, 2.45) is 0 Å². The van der Waals surface area contributed by atoms with Gasteiger partial charge in [0.15, 0.2) is 0 Å². The van der Waals surface area contributed by atoms with Crippen LogP contribution >= 0.6 is 23.5 Å². The fourth-order valence-electron chi connectivity index (χ4n) is 1.32. The van der Waals surface area contributed by atoms with Crippen molar-refractivity contribution in [3.8, 4) is 0 Å². The smallest absolute Gasteiger partial charge is 0.336 e. The molecule has 0 fully saturated rings. The second kappa shape index (κ2) is 7.67. The summed E-state index contributed by atoms with van der Waals surface area (Å²) in [7, 11) is 0. The highest BCUT2D eigenvalue weighted by molar-refractivity contribution is 8.00. The highest BCUT2D eigenvalue weighted by atomic mass is 32.2. The van der Waals surface area contributed by atoms with Gasteiger partial charge in [-0.3, -0.25) is 0 Å². The number of rotatable bonds is 7. The van der Waals surface area contributed by atoms with Crippen molar-refractivity contribution in [2.45, 2.75) is 36.5 Å². The van der Waals surface area contributed by atoms with Crippen LogP contribution in [-0.4, -0.2) is 22.6 Å². The fraction of sp³-hybridized carbons (Fsp3) is 0.462. The van der Waals surface area contributed by atoms with Gasteiger partial charge in [0, 0.05) is 9.79 Å². The number of carboxylic acids is 1. The average molecular weight is 270 g/mol. The predicted octanol–water partition coefficient (Wildman–Crippen LogP) is 4.39. The van der Waals surface area contributed by atoms with Crippen LogP contribution in [0.4, 0.5) is 0 Å². The zero-order valence-electron chi connectivity index (χ0n) is 10.2. The molecule has 0 aromatic heterocycles. The maximum absolute atomic E-state index is 11.1. The molecule has 1 rings (SSSR count). The Morgan fingerprint density at radius 2 is 1.82 bits per heavy atom. The molecule has 94 valence electrons. The summed E-state index contributed by atoms with van der Waals surface area (Å²) in [6.07, 6.45) is 2.18. The van der Waals surface area contributed by atoms with E-state index in [9.17, 15) is 4.79 Å². The van der Waals surface area contributed by atoms with Crippen LogP contribution in [0.15, 0.2) is 28.0 Å². The molecule has 1 aromatic rings. The van der Waals surface area contributed by atoms with E-state index in [1.807, 2.05) is 12.1 Å². The molecule has 1 N–H and O–H groups in total. The Kier molecular flexibility index (Phi) is 6.52. The van der Waals surface area contributed by atoms with E-state index < -0.39 is 5.97 Å². The molecule has 0 spiro atoms. The van der Waals surface area contributed by atoms with Crippen molar-refractivity contribution in [3.05, 3.63) is 23.8 Å². The minimum atomic E-state index is -0.837. The maximum atomic E-state index is 11.1. The molecule has 2 nitrogen and oxygen atoms in total. The van der Waals surface area contributed by atoms with Crippen LogP contribution in [0, 0.1) is 0 Å². The van der Waals surface area contributed by atoms with Gasteiger partial charge < -0.3 is 5.11 Å². The van der Waals surface area contributed by atoms with Crippen molar-refractivity contribution in [1.29, 1.82) is 0 Å². The van der Waals surface area contributed by atoms with E-state index in [1.165, 1.54) is 0 Å². The molecular formula is C13H18O2S2. The molecule has 1 aromatic carbocycles. The Labute approximate surface area is 111 Å². The van der Waals surface area contributed by atoms with Gasteiger partial charge in [0.05, 0.1) is 5.56 Å². The zero-order valence-corrected chi connectivity index (χ0v) is 11.9. The summed E-state index contributed by atoms with van der Waals surface area (Å²) in [4.78, 5) is 13.1. The lowest BCUT2D eigenvalue weighted by atomic mass is 10.2. The normalized spacial score (nSPS) is 10.5. The van der Waals surface area contributed by atoms with E-state index in [1.54, 1.807) is 29.6 Å². The molecule has 4 heteroatoms. The molecule has 0 aliphatic heterocycles. The second-order valence-corrected chi connectivity index (χ2v) is 5.97. The van der Waals surface area contributed by atoms with Gasteiger partial charge >= 0.3 is 5.97 Å². The molecular weight excluding hydrogens is 252 g/mol. The van der Waals surface area contributed by atoms with Crippen molar-refractivity contribution >= 4 is 29.5 Å². The maximum Gasteiger partial charge on any atom is 0.336 e. The largest absolute Gasteiger partial charge is 0.478 e. The molecule has 0 aliphatic carbocycles. The molecule has 0 amide bonds. The van der Waals surface area contributed by atoms with Gasteiger partial charge in [-0.15, -0.1) is 23.5 Å². The van der Waals surface area contributed by atoms with Crippen molar-refractivity contribution in [2.75, 3.05) is 11.5 Å². The third-order valence-electron chi connectivity index (χ3n) is 2.12. The predicted molar refractivity (Wildman–Crippen MR) is 75.4 cm³/mol. The highest BCUT2D eigenvalue weighted by Gasteiger charge is 2.11. The minimum absolute atomic E-state index is 0.421. The number of thioether (sulfide) groups is 2. The summed E-state index contributed by atoms with van der Waals surface area (Å²) in [5.41, 5.74) is 0.421. The third kappa shape index (κ3) is 4.64. The van der Waals surface area contributed by atoms with Crippen LogP contribution in [-0.2, 0) is 0 Å². The molecule has 0 saturated heterocycles. The molecule has 0 aliphatic rings. The molecule has 0 atom stereocenters. The quantitative estimate of drug-likeness (QED) is 0.746. The van der Waals surface area contributed by atoms with Crippen LogP contribution in [0.1, 0.15) is 37.0 Å². The highest BCUT2D eigenvalue weighted by Crippen LogP contribution is 2.29. The van der Waals surface area contributed by atoms with Gasteiger partial charge in [-0.2, -0.15) is 0 Å². The summed E-state index contributed by atoms with van der Waals surface area (Å²) in [6, 6.07) is 5.63. The standard InChI is InChI=1S/C13H18O2S2/c1-3-7-16-10-5-6-11(13(14)15)12(9-10)17-8-4-2/h5-6,9H,3-4,7-8H2,1-2H3,(H,14,15). The molecule has 0 saturated carbocycles. The molecule has 0 radical (unpaired) electrons. The van der Waals surface area contributed by atoms with E-state index in [2.05, 4.69) is 13.8 Å². The van der Waals surface area contributed by atoms with Crippen LogP contribution in [0.5, 0.6) is 0 Å². The van der Waals surface area contributed by atoms with Crippen molar-refractivity contribution < 1.29 is 9.90 Å². The minimum Gasteiger partial charge on any atom is -0.478 e. The van der Waals surface area contributed by atoms with Gasteiger partial charge in [0.25, 0.3) is 0 Å². The lowest BCUT2D eigenvalue weighted by molar-refractivity contribution is 0.0693. The van der Waals surface area contributed by atoms with Gasteiger partial charge in [-0.1, -0.05) is 13.8 Å². The van der Waals surface area contributed by atoms with E-state index in [0.29, 0.717) is 5.56 Å². The van der Waals surface area contributed by atoms with E-state index in [-0.39, 0.29) is 0 Å². The van der Waals surface area contributed by atoms with Gasteiger partial charge in [-0.05, 0) is 42.5 Å². The van der Waals surface area contributed by atoms with Crippen molar-refractivity contribution in [3.63, 3.8) is 0 Å². The second-order valence-electron chi connectivity index (χ2n) is 3.66. The Balaban J connectivity index is 2.88. The number of carbonyl (C=O) groups is 1. The number of benzene rings is 1. The number of aromatic carboxylic acids is 1. The Hall–Kier alpha value is -0.610. The SMILES string of the molecule is CCCSc1ccc(C(=O)O)c(SCCC)c1. The lowest BCUT2D eigenvalue weighted by Gasteiger charge is -2.07. The summed E-state index contributed by atoms with van der Waals surface area (Å²) in [6.45, 7) is 4.24. The topological polar surface area (TPSA) is 37.3 Å². The van der Waals surface area contributed by atoms with Gasteiger partial charge in [-0.25, -0.2) is 4.79 Å². The fourth-order valence-corrected chi connectivity index (χ4v) is 3.15. The summed E-state index contributed by atoms with van der Waals surface area (Å²) in [5, 5.41) is 9.11. The number of hydrogen-bond donors (Lipinski definition) is 1. The first-order valence-corrected chi connectivity index (χ1v) is 7.79. The zero-order chi connectivity index (χ0) is 12.7. The Morgan fingerprint density at radius 3 is 2.41 bits per heavy atom. The van der Waals surface area contributed by atoms with Crippen LogP contribution in [0.2, 0.25) is 0 Å². The van der Waals surface area contributed by atoms with Gasteiger partial charge in [0.2, 0.25) is 0 Å². The monoisotopic (exact) mass is 270 g/mol. The van der Waals surface area contributed by atoms with E-state index in [0.717, 1.165) is 34.1 Å². The number of hydrogen-bond acceptors (Lipinski definition) is 3. The van der Waals surface area contributed by atoms with Crippen LogP contribution in [0.25, 0.3) is 0 Å². The van der Waals surface area contributed by atoms with E-state index in [4.69, 9.17) is 5.11 Å². The number of carboxylic acid groups (broad SMARTS) is 1. The summed E-state index contributed by atoms with van der Waals surface area (Å²) in [5.74, 6) is 1.20. The molecule has 0 unspecified atom stereocenters. The van der Waals surface area contributed by atoms with Gasteiger partial charge in [0.1, 0.15) is 0 Å². The summed E-state index contributed by atoms with van der Waals surface area (Å²) < 4.78 is 0. The summed E-state index contributed by atoms with van der Waals surface area (Å²) >= 11 is 3.41. The Bertz CT molecular complexity index is 378. The molecule has 0 heterocycles. The van der Waals surface area contributed by atoms with E-state index >= 15 is 0 Å². The lowest BCUT2D eigenvalue weighted by Crippen LogP contribution is -1.99. The molecule has 17 heavy (non-hydrogen) atoms. The average Bonchev–Trinajstić information content (AvgIpc) is 2.33. The first-order valence-electron chi connectivity index (χ1n) is 5.82. The molecule has 0 bridgehead atoms. The first-order chi connectivity index (χ1) is 8.19. The third-order valence-corrected chi connectivity index (χ3v) is 4.58.